The summed E-state index contributed by atoms with van der Waals surface area (Å²) in [5, 5.41) is 23.1. The number of aliphatic hydroxyl groups is 2. The molecule has 0 rings (SSSR count). The fraction of sp³-hybridized carbons (Fsp3) is 0.910. The molecule has 0 spiro atoms. The predicted molar refractivity (Wildman–Crippen MR) is 320 cm³/mol. The Kier molecular flexibility index (Phi) is 61.4. The van der Waals surface area contributed by atoms with Crippen LogP contribution < -0.4 is 5.32 Å². The minimum atomic E-state index is -0.658. The Morgan fingerprint density at radius 2 is 0.685 bits per heavy atom. The van der Waals surface area contributed by atoms with E-state index in [0.717, 1.165) is 51.4 Å². The van der Waals surface area contributed by atoms with Gasteiger partial charge in [-0.2, -0.15) is 0 Å². The van der Waals surface area contributed by atoms with E-state index in [0.29, 0.717) is 25.9 Å². The van der Waals surface area contributed by atoms with Crippen LogP contribution in [0.2, 0.25) is 0 Å². The first-order chi connectivity index (χ1) is 36.0. The van der Waals surface area contributed by atoms with Crippen LogP contribution in [0, 0.1) is 0 Å². The number of nitrogens with one attached hydrogen (secondary N) is 1. The molecule has 2 atom stereocenters. The zero-order valence-corrected chi connectivity index (χ0v) is 49.4. The Hall–Kier alpha value is -1.66. The molecule has 0 saturated heterocycles. The highest BCUT2D eigenvalue weighted by Crippen LogP contribution is 2.18. The van der Waals surface area contributed by atoms with Gasteiger partial charge in [-0.1, -0.05) is 321 Å². The number of hydrogen-bond donors (Lipinski definition) is 3. The molecule has 0 fully saturated rings. The van der Waals surface area contributed by atoms with Crippen LogP contribution in [0.25, 0.3) is 0 Å². The monoisotopic (exact) mass is 1030 g/mol. The van der Waals surface area contributed by atoms with Gasteiger partial charge in [0.25, 0.3) is 0 Å². The number of allylic oxidation sites excluding steroid dienone is 4. The van der Waals surface area contributed by atoms with E-state index >= 15 is 0 Å². The van der Waals surface area contributed by atoms with Crippen molar-refractivity contribution in [1.82, 2.24) is 5.32 Å². The van der Waals surface area contributed by atoms with Crippen molar-refractivity contribution in [3.63, 3.8) is 0 Å². The van der Waals surface area contributed by atoms with Crippen molar-refractivity contribution in [2.45, 2.75) is 379 Å². The normalized spacial score (nSPS) is 12.7. The molecule has 0 aliphatic carbocycles. The number of aliphatic hydroxyl groups excluding tert-OH is 2. The molecule has 3 N–H and O–H groups in total. The van der Waals surface area contributed by atoms with Crippen LogP contribution in [-0.2, 0) is 14.3 Å². The molecule has 0 radical (unpaired) electrons. The van der Waals surface area contributed by atoms with Crippen molar-refractivity contribution >= 4 is 11.9 Å². The minimum absolute atomic E-state index is 0.00744. The smallest absolute Gasteiger partial charge is 0.305 e. The number of esters is 1. The molecule has 2 unspecified atom stereocenters. The van der Waals surface area contributed by atoms with E-state index in [2.05, 4.69) is 43.5 Å². The number of ether oxygens (including phenoxy) is 1. The van der Waals surface area contributed by atoms with Gasteiger partial charge in [0.2, 0.25) is 5.91 Å². The summed E-state index contributed by atoms with van der Waals surface area (Å²) in [7, 11) is 0. The second-order valence-corrected chi connectivity index (χ2v) is 22.8. The van der Waals surface area contributed by atoms with Gasteiger partial charge in [-0.15, -0.1) is 0 Å². The third-order valence-corrected chi connectivity index (χ3v) is 15.5. The number of carbonyl (C=O) groups is 2. The Labute approximate surface area is 456 Å². The number of rotatable bonds is 62. The van der Waals surface area contributed by atoms with Crippen LogP contribution >= 0.6 is 0 Å². The number of amides is 1. The maximum atomic E-state index is 12.4. The van der Waals surface area contributed by atoms with Crippen LogP contribution in [0.4, 0.5) is 0 Å². The van der Waals surface area contributed by atoms with Gasteiger partial charge >= 0.3 is 5.97 Å². The lowest BCUT2D eigenvalue weighted by Gasteiger charge is -2.22. The first kappa shape index (κ1) is 71.3. The molecule has 6 nitrogen and oxygen atoms in total. The van der Waals surface area contributed by atoms with E-state index in [-0.39, 0.29) is 18.5 Å². The number of carbonyl (C=O) groups excluding carboxylic acids is 2. The summed E-state index contributed by atoms with van der Waals surface area (Å²) < 4.78 is 5.49. The molecule has 0 aromatic rings. The van der Waals surface area contributed by atoms with Crippen LogP contribution in [0.15, 0.2) is 24.3 Å². The average molecular weight is 1030 g/mol. The van der Waals surface area contributed by atoms with Crippen LogP contribution in [-0.4, -0.2) is 47.4 Å². The molecular weight excluding hydrogens is 899 g/mol. The van der Waals surface area contributed by atoms with Gasteiger partial charge in [-0.25, -0.2) is 0 Å². The third kappa shape index (κ3) is 59.4. The van der Waals surface area contributed by atoms with Gasteiger partial charge in [0.15, 0.2) is 0 Å². The highest BCUT2D eigenvalue weighted by atomic mass is 16.5. The minimum Gasteiger partial charge on any atom is -0.466 e. The predicted octanol–water partition coefficient (Wildman–Crippen LogP) is 21.0. The van der Waals surface area contributed by atoms with Crippen LogP contribution in [0.1, 0.15) is 367 Å². The lowest BCUT2D eigenvalue weighted by atomic mass is 10.0. The second kappa shape index (κ2) is 62.9. The highest BCUT2D eigenvalue weighted by molar-refractivity contribution is 5.76. The van der Waals surface area contributed by atoms with Gasteiger partial charge in [0.05, 0.1) is 25.4 Å². The first-order valence-corrected chi connectivity index (χ1v) is 33.1. The largest absolute Gasteiger partial charge is 0.466 e. The summed E-state index contributed by atoms with van der Waals surface area (Å²) in [5.74, 6) is -0.0244. The average Bonchev–Trinajstić information content (AvgIpc) is 3.39. The molecule has 0 aromatic carbocycles. The quantitative estimate of drug-likeness (QED) is 0.0320. The first-order valence-electron chi connectivity index (χ1n) is 33.1. The Balaban J connectivity index is 3.29. The third-order valence-electron chi connectivity index (χ3n) is 15.5. The summed E-state index contributed by atoms with van der Waals surface area (Å²) in [6, 6.07) is -0.535. The van der Waals surface area contributed by atoms with E-state index in [1.807, 2.05) is 0 Å². The number of unbranched alkanes of at least 4 members (excludes halogenated alkanes) is 47. The molecule has 0 aliphatic heterocycles. The van der Waals surface area contributed by atoms with Crippen molar-refractivity contribution in [3.8, 4) is 0 Å². The van der Waals surface area contributed by atoms with Crippen molar-refractivity contribution < 1.29 is 24.5 Å². The fourth-order valence-electron chi connectivity index (χ4n) is 10.4. The highest BCUT2D eigenvalue weighted by Gasteiger charge is 2.20. The zero-order chi connectivity index (χ0) is 52.9. The Morgan fingerprint density at radius 1 is 0.384 bits per heavy atom. The lowest BCUT2D eigenvalue weighted by Crippen LogP contribution is -2.45. The van der Waals surface area contributed by atoms with Crippen molar-refractivity contribution in [1.29, 1.82) is 0 Å². The maximum Gasteiger partial charge on any atom is 0.305 e. The molecule has 6 heteroatoms. The fourth-order valence-corrected chi connectivity index (χ4v) is 10.4. The van der Waals surface area contributed by atoms with Gasteiger partial charge in [-0.3, -0.25) is 9.59 Å². The zero-order valence-electron chi connectivity index (χ0n) is 49.4. The van der Waals surface area contributed by atoms with Crippen LogP contribution in [0.5, 0.6) is 0 Å². The summed E-state index contributed by atoms with van der Waals surface area (Å²) in [6.07, 6.45) is 78.0. The molecule has 432 valence electrons. The Morgan fingerprint density at radius 3 is 1.05 bits per heavy atom. The summed E-state index contributed by atoms with van der Waals surface area (Å²) in [6.45, 7) is 4.93. The van der Waals surface area contributed by atoms with Crippen molar-refractivity contribution in [2.24, 2.45) is 0 Å². The number of hydrogen-bond acceptors (Lipinski definition) is 5. The van der Waals surface area contributed by atoms with Gasteiger partial charge in [0.1, 0.15) is 0 Å². The summed E-state index contributed by atoms with van der Waals surface area (Å²) in [5.41, 5.74) is 0. The molecule has 1 amide bonds. The van der Waals surface area contributed by atoms with E-state index in [4.69, 9.17) is 4.74 Å². The molecule has 0 heterocycles. The van der Waals surface area contributed by atoms with E-state index in [1.165, 1.54) is 283 Å². The lowest BCUT2D eigenvalue weighted by molar-refractivity contribution is -0.143. The van der Waals surface area contributed by atoms with Crippen molar-refractivity contribution in [3.05, 3.63) is 24.3 Å². The van der Waals surface area contributed by atoms with E-state index in [1.54, 1.807) is 0 Å². The Bertz CT molecular complexity index is 1140. The van der Waals surface area contributed by atoms with Crippen molar-refractivity contribution in [2.75, 3.05) is 13.2 Å². The van der Waals surface area contributed by atoms with E-state index < -0.39 is 12.1 Å². The molecule has 73 heavy (non-hydrogen) atoms. The maximum absolute atomic E-state index is 12.4. The van der Waals surface area contributed by atoms with Gasteiger partial charge < -0.3 is 20.3 Å². The molecule has 0 aliphatic rings. The SMILES string of the molecule is CCCCCC/C=C\C/C=C\CCCCCCCC(=O)OCCCCCCCCCCCCCCCCCCCCCCCCCCCCCCCCCC(=O)NC(CO)C(O)CCCCCCCCCCC. The molecule has 0 bridgehead atoms. The standard InChI is InChI=1S/C67H129NO5/c1-3-5-7-9-11-13-14-15-16-35-38-41-45-49-53-57-61-67(72)73-62-58-54-50-46-42-39-36-33-31-29-27-25-23-21-19-17-18-20-22-24-26-28-30-32-34-37-40-44-48-52-56-60-66(71)68-64(63-69)65(70)59-55-51-47-43-12-10-8-6-4-2/h13-14,16,35,64-65,69-70H,3-12,15,17-34,36-63H2,1-2H3,(H,68,71)/b14-13-,35-16-. The summed E-state index contributed by atoms with van der Waals surface area (Å²) in [4.78, 5) is 24.5. The molecule has 0 saturated carbocycles. The second-order valence-electron chi connectivity index (χ2n) is 22.8. The topological polar surface area (TPSA) is 95.9 Å². The molecular formula is C67H129NO5. The van der Waals surface area contributed by atoms with Crippen LogP contribution in [0.3, 0.4) is 0 Å². The molecule has 0 aromatic heterocycles. The van der Waals surface area contributed by atoms with Gasteiger partial charge in [0, 0.05) is 12.8 Å². The van der Waals surface area contributed by atoms with E-state index in [9.17, 15) is 19.8 Å². The van der Waals surface area contributed by atoms with Gasteiger partial charge in [-0.05, 0) is 57.8 Å². The summed E-state index contributed by atoms with van der Waals surface area (Å²) >= 11 is 0.